The Kier molecular flexibility index (Phi) is 7.86. The van der Waals surface area contributed by atoms with Crippen molar-refractivity contribution in [3.63, 3.8) is 0 Å². The van der Waals surface area contributed by atoms with E-state index in [4.69, 9.17) is 20.9 Å². The third-order valence-corrected chi connectivity index (χ3v) is 11.4. The van der Waals surface area contributed by atoms with Gasteiger partial charge in [-0.05, 0) is 86.8 Å². The van der Waals surface area contributed by atoms with Gasteiger partial charge in [0.1, 0.15) is 0 Å². The summed E-state index contributed by atoms with van der Waals surface area (Å²) in [5.74, 6) is -0.817. The van der Waals surface area contributed by atoms with E-state index in [0.29, 0.717) is 15.9 Å². The Morgan fingerprint density at radius 3 is 2.30 bits per heavy atom. The molecule has 0 aromatic heterocycles. The molecule has 3 aromatic carbocycles. The maximum Gasteiger partial charge on any atom is 0.331 e. The van der Waals surface area contributed by atoms with Crippen LogP contribution in [0.5, 0.6) is 0 Å². The summed E-state index contributed by atoms with van der Waals surface area (Å²) < 4.78 is 55.4. The molecule has 0 aliphatic carbocycles. The molecule has 0 saturated heterocycles. The van der Waals surface area contributed by atoms with Crippen LogP contribution in [-0.2, 0) is 28.6 Å². The largest absolute Gasteiger partial charge is 0.464 e. The van der Waals surface area contributed by atoms with Crippen LogP contribution in [0.15, 0.2) is 71.6 Å². The number of nitrogens with zero attached hydrogens (tertiary/aromatic N) is 1. The summed E-state index contributed by atoms with van der Waals surface area (Å²) >= 11 is 6.36. The summed E-state index contributed by atoms with van der Waals surface area (Å²) in [6, 6.07) is 16.3. The van der Waals surface area contributed by atoms with Crippen LogP contribution in [0.4, 0.5) is 5.69 Å². The monoisotopic (exact) mass is 561 g/mol. The second kappa shape index (κ2) is 10.6. The van der Waals surface area contributed by atoms with Crippen LogP contribution in [0.25, 0.3) is 0 Å². The summed E-state index contributed by atoms with van der Waals surface area (Å²) in [7, 11) is -8.19. The first-order valence-electron chi connectivity index (χ1n) is 11.9. The van der Waals surface area contributed by atoms with Gasteiger partial charge in [-0.25, -0.2) is 13.2 Å². The number of anilines is 1. The molecule has 0 spiro atoms. The normalized spacial score (nSPS) is 18.8. The lowest BCUT2D eigenvalue weighted by Crippen LogP contribution is -2.46. The molecule has 1 aliphatic rings. The highest BCUT2D eigenvalue weighted by Gasteiger charge is 2.57. The molecule has 0 fully saturated rings. The number of hydrogen-bond donors (Lipinski definition) is 0. The average molecular weight is 562 g/mol. The number of rotatable bonds is 8. The topological polar surface area (TPSA) is 90.0 Å². The molecule has 0 N–H and O–H groups in total. The van der Waals surface area contributed by atoms with Crippen molar-refractivity contribution in [3.8, 4) is 0 Å². The van der Waals surface area contributed by atoms with E-state index in [1.54, 1.807) is 56.3 Å². The Labute approximate surface area is 222 Å². The zero-order chi connectivity index (χ0) is 27.0. The third kappa shape index (κ3) is 4.84. The lowest BCUT2D eigenvalue weighted by Gasteiger charge is -2.32. The molecule has 0 amide bonds. The molecule has 0 saturated carbocycles. The van der Waals surface area contributed by atoms with Gasteiger partial charge >= 0.3 is 5.97 Å². The lowest BCUT2D eigenvalue weighted by atomic mass is 10.1. The summed E-state index contributed by atoms with van der Waals surface area (Å²) in [5.41, 5.74) is 1.26. The van der Waals surface area contributed by atoms with Gasteiger partial charge < -0.3 is 9.26 Å². The predicted octanol–water partition coefficient (Wildman–Crippen LogP) is 5.78. The Hall–Kier alpha value is -2.64. The van der Waals surface area contributed by atoms with Crippen molar-refractivity contribution in [2.75, 3.05) is 17.5 Å². The van der Waals surface area contributed by atoms with Crippen molar-refractivity contribution in [3.05, 3.63) is 88.4 Å². The molecule has 3 unspecified atom stereocenters. The highest BCUT2D eigenvalue weighted by Crippen LogP contribution is 2.66. The van der Waals surface area contributed by atoms with E-state index in [0.717, 1.165) is 15.4 Å². The zero-order valence-electron chi connectivity index (χ0n) is 21.0. The summed E-state index contributed by atoms with van der Waals surface area (Å²) in [6.07, 6.45) is 0. The van der Waals surface area contributed by atoms with Gasteiger partial charge in [0.2, 0.25) is 7.37 Å². The number of fused-ring (bicyclic) bond motifs is 1. The van der Waals surface area contributed by atoms with Gasteiger partial charge in [-0.3, -0.25) is 8.87 Å². The fourth-order valence-electron chi connectivity index (χ4n) is 4.64. The smallest absolute Gasteiger partial charge is 0.331 e. The van der Waals surface area contributed by atoms with E-state index in [-0.39, 0.29) is 23.8 Å². The van der Waals surface area contributed by atoms with E-state index in [1.807, 2.05) is 19.9 Å². The minimum atomic E-state index is -4.27. The van der Waals surface area contributed by atoms with Crippen molar-refractivity contribution in [1.82, 2.24) is 0 Å². The maximum atomic E-state index is 15.0. The molecule has 3 aromatic rings. The number of carbonyl (C=O) groups excluding carboxylic acids is 1. The Balaban J connectivity index is 2.04. The molecule has 37 heavy (non-hydrogen) atoms. The van der Waals surface area contributed by atoms with Gasteiger partial charge in [-0.1, -0.05) is 35.9 Å². The van der Waals surface area contributed by atoms with E-state index < -0.39 is 35.1 Å². The molecule has 0 bridgehead atoms. The van der Waals surface area contributed by atoms with Crippen molar-refractivity contribution in [1.29, 1.82) is 0 Å². The van der Waals surface area contributed by atoms with Gasteiger partial charge in [0, 0.05) is 10.3 Å². The number of benzene rings is 3. The van der Waals surface area contributed by atoms with Crippen LogP contribution < -0.4 is 9.61 Å². The van der Waals surface area contributed by atoms with Gasteiger partial charge in [0.05, 0.1) is 29.5 Å². The van der Waals surface area contributed by atoms with Crippen molar-refractivity contribution >= 4 is 46.0 Å². The number of aryl methyl sites for hydroxylation is 2. The lowest BCUT2D eigenvalue weighted by molar-refractivity contribution is -0.144. The Bertz CT molecular complexity index is 1480. The highest BCUT2D eigenvalue weighted by molar-refractivity contribution is 7.93. The molecule has 1 heterocycles. The second-order valence-corrected chi connectivity index (χ2v) is 13.5. The fourth-order valence-corrected chi connectivity index (χ4v) is 9.45. The standard InChI is InChI=1S/C27H29ClNO6PS/c1-5-34-27(30)25-26(36(31,35-6-2)21-14-12-18(3)19(4)16-21)23-17-20(28)13-15-24(23)29(25)37(32,33)22-10-8-7-9-11-22/h7-17,25-26H,5-6H2,1-4H3. The predicted molar refractivity (Wildman–Crippen MR) is 146 cm³/mol. The number of ether oxygens (including phenoxy) is 1. The van der Waals surface area contributed by atoms with Crippen LogP contribution in [0.2, 0.25) is 5.02 Å². The zero-order valence-corrected chi connectivity index (χ0v) is 23.5. The molecular formula is C27H29ClNO6PS. The number of hydrogen-bond acceptors (Lipinski definition) is 6. The van der Waals surface area contributed by atoms with Crippen molar-refractivity contribution in [2.24, 2.45) is 0 Å². The van der Waals surface area contributed by atoms with Crippen molar-refractivity contribution < 1.29 is 27.0 Å². The second-order valence-electron chi connectivity index (χ2n) is 8.74. The maximum absolute atomic E-state index is 15.0. The number of esters is 1. The van der Waals surface area contributed by atoms with E-state index in [9.17, 15) is 17.8 Å². The van der Waals surface area contributed by atoms with Gasteiger partial charge in [-0.15, -0.1) is 0 Å². The first kappa shape index (κ1) is 27.4. The summed E-state index contributed by atoms with van der Waals surface area (Å²) in [4.78, 5) is 13.6. The summed E-state index contributed by atoms with van der Waals surface area (Å²) in [5, 5.41) is 0.704. The molecule has 0 radical (unpaired) electrons. The average Bonchev–Trinajstić information content (AvgIpc) is 3.22. The van der Waals surface area contributed by atoms with Crippen LogP contribution in [0.1, 0.15) is 36.2 Å². The molecule has 10 heteroatoms. The van der Waals surface area contributed by atoms with Gasteiger partial charge in [0.25, 0.3) is 10.0 Å². The Morgan fingerprint density at radius 1 is 0.973 bits per heavy atom. The third-order valence-electron chi connectivity index (χ3n) is 6.46. The molecule has 4 rings (SSSR count). The van der Waals surface area contributed by atoms with Crippen LogP contribution in [0.3, 0.4) is 0 Å². The number of halogens is 1. The molecule has 1 aliphatic heterocycles. The molecule has 196 valence electrons. The number of carbonyl (C=O) groups is 1. The van der Waals surface area contributed by atoms with E-state index >= 15 is 0 Å². The minimum Gasteiger partial charge on any atom is -0.464 e. The first-order chi connectivity index (χ1) is 17.6. The highest BCUT2D eigenvalue weighted by atomic mass is 35.5. The SMILES string of the molecule is CCOC(=O)C1C(P(=O)(OCC)c2ccc(C)c(C)c2)c2cc(Cl)ccc2N1S(=O)(=O)c1ccccc1. The van der Waals surface area contributed by atoms with E-state index in [2.05, 4.69) is 0 Å². The minimum absolute atomic E-state index is 0.0109. The molecular weight excluding hydrogens is 533 g/mol. The van der Waals surface area contributed by atoms with Gasteiger partial charge in [0.15, 0.2) is 6.04 Å². The first-order valence-corrected chi connectivity index (χ1v) is 15.4. The summed E-state index contributed by atoms with van der Waals surface area (Å²) in [6.45, 7) is 7.26. The Morgan fingerprint density at radius 2 is 1.68 bits per heavy atom. The van der Waals surface area contributed by atoms with Crippen LogP contribution in [-0.4, -0.2) is 33.6 Å². The van der Waals surface area contributed by atoms with Gasteiger partial charge in [-0.2, -0.15) is 0 Å². The molecule has 3 atom stereocenters. The van der Waals surface area contributed by atoms with Crippen LogP contribution in [0, 0.1) is 13.8 Å². The van der Waals surface area contributed by atoms with Crippen LogP contribution >= 0.6 is 19.0 Å². The quantitative estimate of drug-likeness (QED) is 0.256. The number of sulfonamides is 1. The van der Waals surface area contributed by atoms with E-state index in [1.165, 1.54) is 18.2 Å². The fraction of sp³-hybridized carbons (Fsp3) is 0.296. The molecule has 7 nitrogen and oxygen atoms in total. The van der Waals surface area contributed by atoms with Crippen molar-refractivity contribution in [2.45, 2.75) is 44.3 Å².